The smallest absolute Gasteiger partial charge is 0.239 e. The molecule has 0 radical (unpaired) electrons. The molecule has 0 spiro atoms. The number of hydrogen-bond donors (Lipinski definition) is 0. The Morgan fingerprint density at radius 1 is 1.43 bits per heavy atom. The highest BCUT2D eigenvalue weighted by Crippen LogP contribution is 2.21. The van der Waals surface area contributed by atoms with Crippen molar-refractivity contribution >= 4 is 5.91 Å². The standard InChI is InChI=1S/C17H23N5O/c1-20(11-14-10-19-21(2)12-14)17(23)16-7-5-9-22(16)13-15-6-3-4-8-18-15/h3-4,6,8,10,12,16H,5,7,9,11,13H2,1-2H3/t16-/m1/s1. The van der Waals surface area contributed by atoms with Crippen LogP contribution in [0.2, 0.25) is 0 Å². The lowest BCUT2D eigenvalue weighted by molar-refractivity contribution is -0.135. The van der Waals surface area contributed by atoms with Gasteiger partial charge in [0.1, 0.15) is 0 Å². The Labute approximate surface area is 136 Å². The predicted molar refractivity (Wildman–Crippen MR) is 87.4 cm³/mol. The van der Waals surface area contributed by atoms with Crippen LogP contribution in [0.1, 0.15) is 24.1 Å². The largest absolute Gasteiger partial charge is 0.340 e. The number of aromatic nitrogens is 3. The summed E-state index contributed by atoms with van der Waals surface area (Å²) in [5.74, 6) is 0.183. The van der Waals surface area contributed by atoms with Crippen LogP contribution in [0.5, 0.6) is 0 Å². The van der Waals surface area contributed by atoms with Crippen molar-refractivity contribution in [2.75, 3.05) is 13.6 Å². The molecule has 1 saturated heterocycles. The van der Waals surface area contributed by atoms with Gasteiger partial charge in [-0.25, -0.2) is 0 Å². The van der Waals surface area contributed by atoms with E-state index >= 15 is 0 Å². The summed E-state index contributed by atoms with van der Waals surface area (Å²) in [4.78, 5) is 21.2. The molecular formula is C17H23N5O. The number of likely N-dealkylation sites (tertiary alicyclic amines) is 1. The summed E-state index contributed by atoms with van der Waals surface area (Å²) in [5.41, 5.74) is 2.07. The van der Waals surface area contributed by atoms with Crippen LogP contribution in [0.15, 0.2) is 36.8 Å². The van der Waals surface area contributed by atoms with Gasteiger partial charge in [0.25, 0.3) is 0 Å². The first kappa shape index (κ1) is 15.7. The first-order chi connectivity index (χ1) is 11.1. The van der Waals surface area contributed by atoms with Crippen molar-refractivity contribution in [3.63, 3.8) is 0 Å². The monoisotopic (exact) mass is 313 g/mol. The molecule has 6 nitrogen and oxygen atoms in total. The second-order valence-electron chi connectivity index (χ2n) is 6.17. The molecule has 3 rings (SSSR count). The molecule has 23 heavy (non-hydrogen) atoms. The molecule has 1 fully saturated rings. The fourth-order valence-corrected chi connectivity index (χ4v) is 3.15. The number of amides is 1. The lowest BCUT2D eigenvalue weighted by Crippen LogP contribution is -2.43. The Balaban J connectivity index is 1.63. The Hall–Kier alpha value is -2.21. The highest BCUT2D eigenvalue weighted by atomic mass is 16.2. The lowest BCUT2D eigenvalue weighted by atomic mass is 10.2. The van der Waals surface area contributed by atoms with Gasteiger partial charge in [-0.05, 0) is 31.5 Å². The molecule has 1 atom stereocenters. The predicted octanol–water partition coefficient (Wildman–Crippen LogP) is 1.44. The van der Waals surface area contributed by atoms with E-state index < -0.39 is 0 Å². The Morgan fingerprint density at radius 2 is 2.30 bits per heavy atom. The van der Waals surface area contributed by atoms with E-state index in [1.54, 1.807) is 15.8 Å². The maximum atomic E-state index is 12.8. The van der Waals surface area contributed by atoms with E-state index in [1.807, 2.05) is 44.7 Å². The van der Waals surface area contributed by atoms with Crippen molar-refractivity contribution in [1.82, 2.24) is 24.6 Å². The zero-order valence-electron chi connectivity index (χ0n) is 13.7. The highest BCUT2D eigenvalue weighted by molar-refractivity contribution is 5.82. The Morgan fingerprint density at radius 3 is 3.00 bits per heavy atom. The Bertz CT molecular complexity index is 654. The van der Waals surface area contributed by atoms with Crippen molar-refractivity contribution in [1.29, 1.82) is 0 Å². The van der Waals surface area contributed by atoms with Crippen molar-refractivity contribution in [2.24, 2.45) is 7.05 Å². The molecule has 3 heterocycles. The van der Waals surface area contributed by atoms with E-state index in [0.29, 0.717) is 6.54 Å². The van der Waals surface area contributed by atoms with Gasteiger partial charge in [0.2, 0.25) is 5.91 Å². The zero-order chi connectivity index (χ0) is 16.2. The summed E-state index contributed by atoms with van der Waals surface area (Å²) in [7, 11) is 3.75. The number of nitrogens with zero attached hydrogens (tertiary/aromatic N) is 5. The summed E-state index contributed by atoms with van der Waals surface area (Å²) in [6, 6.07) is 5.87. The molecule has 6 heteroatoms. The molecular weight excluding hydrogens is 290 g/mol. The number of carbonyl (C=O) groups excluding carboxylic acids is 1. The molecule has 0 bridgehead atoms. The minimum absolute atomic E-state index is 0.0429. The molecule has 0 aromatic carbocycles. The summed E-state index contributed by atoms with van der Waals surface area (Å²) in [6.45, 7) is 2.28. The highest BCUT2D eigenvalue weighted by Gasteiger charge is 2.32. The van der Waals surface area contributed by atoms with Crippen molar-refractivity contribution in [3.8, 4) is 0 Å². The third kappa shape index (κ3) is 3.76. The number of likely N-dealkylation sites (N-methyl/N-ethyl adjacent to an activating group) is 1. The van der Waals surface area contributed by atoms with Crippen LogP contribution in [-0.4, -0.2) is 50.1 Å². The summed E-state index contributed by atoms with van der Waals surface area (Å²) >= 11 is 0. The fraction of sp³-hybridized carbons (Fsp3) is 0.471. The molecule has 0 saturated carbocycles. The van der Waals surface area contributed by atoms with E-state index in [-0.39, 0.29) is 11.9 Å². The second-order valence-corrected chi connectivity index (χ2v) is 6.17. The minimum atomic E-state index is -0.0429. The van der Waals surface area contributed by atoms with Crippen LogP contribution < -0.4 is 0 Å². The number of aryl methyl sites for hydroxylation is 1. The molecule has 1 amide bonds. The maximum Gasteiger partial charge on any atom is 0.239 e. The fourth-order valence-electron chi connectivity index (χ4n) is 3.15. The molecule has 1 aliphatic heterocycles. The van der Waals surface area contributed by atoms with Gasteiger partial charge in [0, 0.05) is 45.1 Å². The summed E-state index contributed by atoms with van der Waals surface area (Å²) < 4.78 is 1.76. The maximum absolute atomic E-state index is 12.8. The quantitative estimate of drug-likeness (QED) is 0.838. The van der Waals surface area contributed by atoms with Crippen LogP contribution in [-0.2, 0) is 24.9 Å². The third-order valence-electron chi connectivity index (χ3n) is 4.29. The van der Waals surface area contributed by atoms with Crippen LogP contribution in [0.25, 0.3) is 0 Å². The van der Waals surface area contributed by atoms with Gasteiger partial charge in [-0.3, -0.25) is 19.4 Å². The van der Waals surface area contributed by atoms with Crippen LogP contribution in [0, 0.1) is 0 Å². The molecule has 0 unspecified atom stereocenters. The van der Waals surface area contributed by atoms with Gasteiger partial charge in [-0.2, -0.15) is 5.10 Å². The van der Waals surface area contributed by atoms with Gasteiger partial charge in [0.05, 0.1) is 17.9 Å². The van der Waals surface area contributed by atoms with E-state index in [0.717, 1.165) is 37.2 Å². The number of hydrogen-bond acceptors (Lipinski definition) is 4. The van der Waals surface area contributed by atoms with E-state index in [4.69, 9.17) is 0 Å². The topological polar surface area (TPSA) is 54.3 Å². The number of pyridine rings is 1. The van der Waals surface area contributed by atoms with E-state index in [9.17, 15) is 4.79 Å². The van der Waals surface area contributed by atoms with E-state index in [1.165, 1.54) is 0 Å². The number of carbonyl (C=O) groups is 1. The summed E-state index contributed by atoms with van der Waals surface area (Å²) in [6.07, 6.45) is 7.54. The molecule has 2 aromatic heterocycles. The molecule has 1 aliphatic rings. The number of rotatable bonds is 5. The van der Waals surface area contributed by atoms with Crippen LogP contribution in [0.3, 0.4) is 0 Å². The van der Waals surface area contributed by atoms with Gasteiger partial charge in [0.15, 0.2) is 0 Å². The minimum Gasteiger partial charge on any atom is -0.340 e. The lowest BCUT2D eigenvalue weighted by Gasteiger charge is -2.27. The second kappa shape index (κ2) is 6.91. The van der Waals surface area contributed by atoms with Crippen LogP contribution >= 0.6 is 0 Å². The first-order valence-electron chi connectivity index (χ1n) is 8.00. The average Bonchev–Trinajstić information content (AvgIpc) is 3.16. The SMILES string of the molecule is CN(Cc1cnn(C)c1)C(=O)[C@H]1CCCN1Cc1ccccn1. The molecule has 0 N–H and O–H groups in total. The van der Waals surface area contributed by atoms with Crippen LogP contribution in [0.4, 0.5) is 0 Å². The molecule has 0 aliphatic carbocycles. The summed E-state index contributed by atoms with van der Waals surface area (Å²) in [5, 5.41) is 4.16. The Kier molecular flexibility index (Phi) is 4.71. The average molecular weight is 313 g/mol. The van der Waals surface area contributed by atoms with Gasteiger partial charge >= 0.3 is 0 Å². The first-order valence-corrected chi connectivity index (χ1v) is 8.00. The molecule has 2 aromatic rings. The van der Waals surface area contributed by atoms with Gasteiger partial charge < -0.3 is 4.90 Å². The van der Waals surface area contributed by atoms with Crippen molar-refractivity contribution < 1.29 is 4.79 Å². The van der Waals surface area contributed by atoms with Gasteiger partial charge in [-0.15, -0.1) is 0 Å². The van der Waals surface area contributed by atoms with Crippen molar-refractivity contribution in [2.45, 2.75) is 32.0 Å². The normalized spacial score (nSPS) is 18.3. The van der Waals surface area contributed by atoms with Gasteiger partial charge in [-0.1, -0.05) is 6.07 Å². The van der Waals surface area contributed by atoms with Crippen molar-refractivity contribution in [3.05, 3.63) is 48.0 Å². The third-order valence-corrected chi connectivity index (χ3v) is 4.29. The molecule has 122 valence electrons. The van der Waals surface area contributed by atoms with E-state index in [2.05, 4.69) is 15.0 Å². The zero-order valence-corrected chi connectivity index (χ0v) is 13.7.